The van der Waals surface area contributed by atoms with Crippen molar-refractivity contribution in [1.29, 1.82) is 0 Å². The summed E-state index contributed by atoms with van der Waals surface area (Å²) in [7, 11) is 3.67. The Morgan fingerprint density at radius 3 is 2.08 bits per heavy atom. The van der Waals surface area contributed by atoms with Gasteiger partial charge in [0.15, 0.2) is 0 Å². The van der Waals surface area contributed by atoms with Crippen molar-refractivity contribution in [1.82, 2.24) is 9.80 Å². The van der Waals surface area contributed by atoms with Gasteiger partial charge in [0.2, 0.25) is 5.91 Å². The molecule has 3 nitrogen and oxygen atoms in total. The van der Waals surface area contributed by atoms with Crippen LogP contribution in [-0.4, -0.2) is 48.4 Å². The molecule has 2 saturated heterocycles. The molecule has 74 valence electrons. The summed E-state index contributed by atoms with van der Waals surface area (Å²) in [4.78, 5) is 15.6. The molecule has 2 aliphatic rings. The largest absolute Gasteiger partial charge is 0.348 e. The maximum absolute atomic E-state index is 11.5. The van der Waals surface area contributed by atoms with E-state index in [0.717, 1.165) is 0 Å². The van der Waals surface area contributed by atoms with Gasteiger partial charge in [-0.3, -0.25) is 9.69 Å². The number of amides is 1. The Morgan fingerprint density at radius 2 is 1.69 bits per heavy atom. The van der Waals surface area contributed by atoms with Gasteiger partial charge in [-0.15, -0.1) is 0 Å². The summed E-state index contributed by atoms with van der Waals surface area (Å²) < 4.78 is 0. The monoisotopic (exact) mass is 182 g/mol. The van der Waals surface area contributed by atoms with E-state index in [1.165, 1.54) is 25.7 Å². The van der Waals surface area contributed by atoms with E-state index < -0.39 is 0 Å². The molecule has 0 aromatic heterocycles. The van der Waals surface area contributed by atoms with Gasteiger partial charge in [-0.1, -0.05) is 0 Å². The predicted octanol–water partition coefficient (Wildman–Crippen LogP) is 0.701. The molecule has 0 atom stereocenters. The van der Waals surface area contributed by atoms with Crippen LogP contribution in [0.1, 0.15) is 25.7 Å². The second kappa shape index (κ2) is 3.29. The van der Waals surface area contributed by atoms with E-state index in [9.17, 15) is 4.79 Å². The van der Waals surface area contributed by atoms with Crippen LogP contribution in [0.3, 0.4) is 0 Å². The quantitative estimate of drug-likeness (QED) is 0.627. The minimum Gasteiger partial charge on any atom is -0.348 e. The molecule has 2 fully saturated rings. The molecule has 0 aliphatic carbocycles. The first kappa shape index (κ1) is 9.00. The summed E-state index contributed by atoms with van der Waals surface area (Å²) in [5.74, 6) is 0.249. The number of carbonyl (C=O) groups is 1. The van der Waals surface area contributed by atoms with E-state index in [0.29, 0.717) is 18.6 Å². The molecule has 0 saturated carbocycles. The first-order valence-electron chi connectivity index (χ1n) is 5.14. The Balaban J connectivity index is 1.92. The zero-order valence-corrected chi connectivity index (χ0v) is 8.49. The molecule has 0 radical (unpaired) electrons. The third-order valence-corrected chi connectivity index (χ3v) is 3.42. The zero-order chi connectivity index (χ0) is 9.42. The van der Waals surface area contributed by atoms with Crippen LogP contribution in [0.15, 0.2) is 0 Å². The number of rotatable bonds is 2. The van der Waals surface area contributed by atoms with Gasteiger partial charge in [-0.25, -0.2) is 0 Å². The molecule has 0 aromatic carbocycles. The fraction of sp³-hybridized carbons (Fsp3) is 0.900. The van der Waals surface area contributed by atoms with Gasteiger partial charge in [-0.2, -0.15) is 0 Å². The van der Waals surface area contributed by atoms with E-state index in [1.807, 2.05) is 14.1 Å². The fourth-order valence-corrected chi connectivity index (χ4v) is 2.58. The maximum Gasteiger partial charge on any atom is 0.236 e. The fourth-order valence-electron chi connectivity index (χ4n) is 2.58. The van der Waals surface area contributed by atoms with Crippen molar-refractivity contribution < 1.29 is 4.79 Å². The molecular weight excluding hydrogens is 164 g/mol. The standard InChI is InChI=1S/C10H18N2O/c1-11(2)10(13)7-12-8-3-4-9(12)6-5-8/h8-9H,3-7H2,1-2H3. The number of hydrogen-bond acceptors (Lipinski definition) is 2. The maximum atomic E-state index is 11.5. The highest BCUT2D eigenvalue weighted by molar-refractivity contribution is 5.77. The van der Waals surface area contributed by atoms with Crippen LogP contribution in [0.25, 0.3) is 0 Å². The average Bonchev–Trinajstić information content (AvgIpc) is 2.65. The van der Waals surface area contributed by atoms with Crippen LogP contribution in [-0.2, 0) is 4.79 Å². The Kier molecular flexibility index (Phi) is 2.28. The van der Waals surface area contributed by atoms with Gasteiger partial charge in [-0.05, 0) is 25.7 Å². The Bertz CT molecular complexity index is 195. The Hall–Kier alpha value is -0.570. The van der Waals surface area contributed by atoms with E-state index in [4.69, 9.17) is 0 Å². The van der Waals surface area contributed by atoms with Crippen LogP contribution in [0.2, 0.25) is 0 Å². The molecule has 0 aromatic rings. The molecule has 2 heterocycles. The smallest absolute Gasteiger partial charge is 0.236 e. The van der Waals surface area contributed by atoms with Crippen molar-refractivity contribution in [3.63, 3.8) is 0 Å². The van der Waals surface area contributed by atoms with Gasteiger partial charge in [0, 0.05) is 26.2 Å². The lowest BCUT2D eigenvalue weighted by molar-refractivity contribution is -0.130. The first-order valence-corrected chi connectivity index (χ1v) is 5.14. The van der Waals surface area contributed by atoms with Crippen LogP contribution >= 0.6 is 0 Å². The normalized spacial score (nSPS) is 32.5. The topological polar surface area (TPSA) is 23.6 Å². The van der Waals surface area contributed by atoms with E-state index in [2.05, 4.69) is 4.90 Å². The SMILES string of the molecule is CN(C)C(=O)CN1C2CCC1CC2. The summed E-state index contributed by atoms with van der Waals surface area (Å²) in [6.45, 7) is 0.641. The summed E-state index contributed by atoms with van der Waals surface area (Å²) >= 11 is 0. The number of nitrogens with zero attached hydrogens (tertiary/aromatic N) is 2. The van der Waals surface area contributed by atoms with Crippen LogP contribution in [0, 0.1) is 0 Å². The van der Waals surface area contributed by atoms with Gasteiger partial charge in [0.05, 0.1) is 6.54 Å². The second-order valence-corrected chi connectivity index (χ2v) is 4.42. The van der Waals surface area contributed by atoms with Crippen LogP contribution < -0.4 is 0 Å². The van der Waals surface area contributed by atoms with Crippen LogP contribution in [0.4, 0.5) is 0 Å². The number of hydrogen-bond donors (Lipinski definition) is 0. The van der Waals surface area contributed by atoms with Crippen molar-refractivity contribution in [2.45, 2.75) is 37.8 Å². The number of carbonyl (C=O) groups excluding carboxylic acids is 1. The molecular formula is C10H18N2O. The molecule has 0 spiro atoms. The summed E-state index contributed by atoms with van der Waals surface area (Å²) in [6.07, 6.45) is 5.24. The molecule has 0 N–H and O–H groups in total. The molecule has 3 heteroatoms. The minimum absolute atomic E-state index is 0.249. The lowest BCUT2D eigenvalue weighted by Crippen LogP contribution is -2.39. The van der Waals surface area contributed by atoms with Gasteiger partial charge in [0.1, 0.15) is 0 Å². The molecule has 2 bridgehead atoms. The molecule has 1 amide bonds. The molecule has 2 aliphatic heterocycles. The summed E-state index contributed by atoms with van der Waals surface area (Å²) in [5, 5.41) is 0. The first-order chi connectivity index (χ1) is 6.18. The second-order valence-electron chi connectivity index (χ2n) is 4.42. The summed E-state index contributed by atoms with van der Waals surface area (Å²) in [6, 6.07) is 1.43. The van der Waals surface area contributed by atoms with Gasteiger partial charge >= 0.3 is 0 Å². The van der Waals surface area contributed by atoms with Gasteiger partial charge < -0.3 is 4.90 Å². The highest BCUT2D eigenvalue weighted by Gasteiger charge is 2.39. The highest BCUT2D eigenvalue weighted by atomic mass is 16.2. The van der Waals surface area contributed by atoms with Crippen molar-refractivity contribution in [2.24, 2.45) is 0 Å². The van der Waals surface area contributed by atoms with E-state index in [-0.39, 0.29) is 5.91 Å². The zero-order valence-electron chi connectivity index (χ0n) is 8.49. The van der Waals surface area contributed by atoms with Crippen molar-refractivity contribution in [3.8, 4) is 0 Å². The third-order valence-electron chi connectivity index (χ3n) is 3.42. The van der Waals surface area contributed by atoms with Crippen molar-refractivity contribution in [3.05, 3.63) is 0 Å². The Labute approximate surface area is 79.7 Å². The van der Waals surface area contributed by atoms with Gasteiger partial charge in [0.25, 0.3) is 0 Å². The lowest BCUT2D eigenvalue weighted by atomic mass is 10.0. The number of fused-ring (bicyclic) bond motifs is 2. The molecule has 2 rings (SSSR count). The van der Waals surface area contributed by atoms with E-state index >= 15 is 0 Å². The third kappa shape index (κ3) is 1.57. The predicted molar refractivity (Wildman–Crippen MR) is 51.4 cm³/mol. The van der Waals surface area contributed by atoms with Crippen LogP contribution in [0.5, 0.6) is 0 Å². The van der Waals surface area contributed by atoms with Crippen molar-refractivity contribution >= 4 is 5.91 Å². The molecule has 13 heavy (non-hydrogen) atoms. The molecule has 0 unspecified atom stereocenters. The van der Waals surface area contributed by atoms with E-state index in [1.54, 1.807) is 4.90 Å². The Morgan fingerprint density at radius 1 is 1.23 bits per heavy atom. The minimum atomic E-state index is 0.249. The highest BCUT2D eigenvalue weighted by Crippen LogP contribution is 2.36. The van der Waals surface area contributed by atoms with Crippen molar-refractivity contribution in [2.75, 3.05) is 20.6 Å². The summed E-state index contributed by atoms with van der Waals surface area (Å²) in [5.41, 5.74) is 0. The number of likely N-dealkylation sites (N-methyl/N-ethyl adjacent to an activating group) is 1. The average molecular weight is 182 g/mol. The lowest BCUT2D eigenvalue weighted by Gasteiger charge is -2.22.